The fraction of sp³-hybridized carbons (Fsp3) is 0.571. The van der Waals surface area contributed by atoms with E-state index in [2.05, 4.69) is 6.92 Å². The molecule has 1 atom stereocenters. The Kier molecular flexibility index (Phi) is 4.26. The highest BCUT2D eigenvalue weighted by Crippen LogP contribution is 2.37. The lowest BCUT2D eigenvalue weighted by Gasteiger charge is -2.23. The van der Waals surface area contributed by atoms with Gasteiger partial charge >= 0.3 is 0 Å². The fourth-order valence-corrected chi connectivity index (χ4v) is 2.16. The first kappa shape index (κ1) is 12.2. The lowest BCUT2D eigenvalue weighted by atomic mass is 10.00. The number of hydrogen-bond donors (Lipinski definition) is 1. The van der Waals surface area contributed by atoms with Gasteiger partial charge in [0.15, 0.2) is 11.5 Å². The van der Waals surface area contributed by atoms with Gasteiger partial charge in [-0.2, -0.15) is 0 Å². The lowest BCUT2D eigenvalue weighted by molar-refractivity contribution is 0.169. The van der Waals surface area contributed by atoms with E-state index in [4.69, 9.17) is 15.2 Å². The van der Waals surface area contributed by atoms with Crippen LogP contribution < -0.4 is 15.2 Å². The highest BCUT2D eigenvalue weighted by atomic mass is 16.6. The number of hydrogen-bond acceptors (Lipinski definition) is 3. The predicted octanol–water partition coefficient (Wildman–Crippen LogP) is 3.04. The standard InChI is InChI=1S/C14H21NO2/c1-2-3-4-7-12(15)11-6-5-8-13-14(11)17-10-9-16-13/h5-6,8,12H,2-4,7,9-10,15H2,1H3. The average Bonchev–Trinajstić information content (AvgIpc) is 2.38. The zero-order chi connectivity index (χ0) is 12.1. The Bertz CT molecular complexity index is 365. The Morgan fingerprint density at radius 2 is 2.06 bits per heavy atom. The fourth-order valence-electron chi connectivity index (χ4n) is 2.16. The summed E-state index contributed by atoms with van der Waals surface area (Å²) in [7, 11) is 0. The third kappa shape index (κ3) is 2.91. The van der Waals surface area contributed by atoms with E-state index >= 15 is 0 Å². The second-order valence-electron chi connectivity index (χ2n) is 4.47. The van der Waals surface area contributed by atoms with Crippen LogP contribution >= 0.6 is 0 Å². The van der Waals surface area contributed by atoms with Crippen molar-refractivity contribution >= 4 is 0 Å². The van der Waals surface area contributed by atoms with Crippen LogP contribution in [0.3, 0.4) is 0 Å². The molecule has 1 aliphatic heterocycles. The largest absolute Gasteiger partial charge is 0.486 e. The third-order valence-electron chi connectivity index (χ3n) is 3.11. The summed E-state index contributed by atoms with van der Waals surface area (Å²) in [5.74, 6) is 1.68. The van der Waals surface area contributed by atoms with Crippen LogP contribution in [0.15, 0.2) is 18.2 Å². The van der Waals surface area contributed by atoms with Crippen molar-refractivity contribution in [2.24, 2.45) is 5.73 Å². The van der Waals surface area contributed by atoms with E-state index in [1.165, 1.54) is 19.3 Å². The van der Waals surface area contributed by atoms with Gasteiger partial charge in [-0.3, -0.25) is 0 Å². The second kappa shape index (κ2) is 5.92. The summed E-state index contributed by atoms with van der Waals surface area (Å²) in [6, 6.07) is 6.03. The molecule has 0 saturated heterocycles. The summed E-state index contributed by atoms with van der Waals surface area (Å²) < 4.78 is 11.2. The number of rotatable bonds is 5. The quantitative estimate of drug-likeness (QED) is 0.798. The molecule has 3 heteroatoms. The van der Waals surface area contributed by atoms with Crippen molar-refractivity contribution in [2.75, 3.05) is 13.2 Å². The summed E-state index contributed by atoms with van der Waals surface area (Å²) in [5.41, 5.74) is 7.31. The van der Waals surface area contributed by atoms with E-state index in [1.807, 2.05) is 18.2 Å². The van der Waals surface area contributed by atoms with Crippen LogP contribution in [0.5, 0.6) is 11.5 Å². The Balaban J connectivity index is 2.09. The van der Waals surface area contributed by atoms with Gasteiger partial charge in [0.2, 0.25) is 0 Å². The molecule has 2 N–H and O–H groups in total. The van der Waals surface area contributed by atoms with Gasteiger partial charge in [0.25, 0.3) is 0 Å². The van der Waals surface area contributed by atoms with Crippen molar-refractivity contribution < 1.29 is 9.47 Å². The third-order valence-corrected chi connectivity index (χ3v) is 3.11. The van der Waals surface area contributed by atoms with Gasteiger partial charge < -0.3 is 15.2 Å². The predicted molar refractivity (Wildman–Crippen MR) is 68.5 cm³/mol. The van der Waals surface area contributed by atoms with E-state index in [0.717, 1.165) is 23.5 Å². The molecular weight excluding hydrogens is 214 g/mol. The van der Waals surface area contributed by atoms with Crippen LogP contribution in [0.4, 0.5) is 0 Å². The molecular formula is C14H21NO2. The molecule has 3 nitrogen and oxygen atoms in total. The van der Waals surface area contributed by atoms with Crippen LogP contribution in [0.1, 0.15) is 44.2 Å². The Labute approximate surface area is 103 Å². The molecule has 1 unspecified atom stereocenters. The molecule has 94 valence electrons. The van der Waals surface area contributed by atoms with Gasteiger partial charge in [0, 0.05) is 11.6 Å². The van der Waals surface area contributed by atoms with E-state index in [1.54, 1.807) is 0 Å². The van der Waals surface area contributed by atoms with Crippen molar-refractivity contribution in [3.8, 4) is 11.5 Å². The van der Waals surface area contributed by atoms with Gasteiger partial charge in [-0.25, -0.2) is 0 Å². The minimum absolute atomic E-state index is 0.0539. The maximum atomic E-state index is 6.22. The van der Waals surface area contributed by atoms with Gasteiger partial charge in [-0.1, -0.05) is 38.3 Å². The molecule has 17 heavy (non-hydrogen) atoms. The number of nitrogens with two attached hydrogens (primary N) is 1. The number of benzene rings is 1. The van der Waals surface area contributed by atoms with Gasteiger partial charge in [0.1, 0.15) is 13.2 Å². The molecule has 2 rings (SSSR count). The summed E-state index contributed by atoms with van der Waals surface area (Å²) in [6.45, 7) is 3.44. The van der Waals surface area contributed by atoms with Crippen LogP contribution in [0.25, 0.3) is 0 Å². The second-order valence-corrected chi connectivity index (χ2v) is 4.47. The van der Waals surface area contributed by atoms with Crippen LogP contribution in [0.2, 0.25) is 0 Å². The van der Waals surface area contributed by atoms with Crippen molar-refractivity contribution in [2.45, 2.75) is 38.6 Å². The molecule has 0 radical (unpaired) electrons. The molecule has 1 aromatic rings. The first-order chi connectivity index (χ1) is 8.33. The maximum Gasteiger partial charge on any atom is 0.166 e. The van der Waals surface area contributed by atoms with Gasteiger partial charge in [-0.15, -0.1) is 0 Å². The van der Waals surface area contributed by atoms with Crippen LogP contribution in [0, 0.1) is 0 Å². The number of unbranched alkanes of at least 4 members (excludes halogenated alkanes) is 2. The van der Waals surface area contributed by atoms with Gasteiger partial charge in [-0.05, 0) is 12.5 Å². The Morgan fingerprint density at radius 3 is 2.88 bits per heavy atom. The lowest BCUT2D eigenvalue weighted by Crippen LogP contribution is -2.19. The smallest absolute Gasteiger partial charge is 0.166 e. The summed E-state index contributed by atoms with van der Waals surface area (Å²) in [6.07, 6.45) is 4.63. The average molecular weight is 235 g/mol. The number of ether oxygens (including phenoxy) is 2. The molecule has 1 heterocycles. The SMILES string of the molecule is CCCCCC(N)c1cccc2c1OCCO2. The van der Waals surface area contributed by atoms with Crippen LogP contribution in [-0.2, 0) is 0 Å². The molecule has 0 fully saturated rings. The highest BCUT2D eigenvalue weighted by molar-refractivity contribution is 5.48. The Hall–Kier alpha value is -1.22. The number of para-hydroxylation sites is 1. The molecule has 0 amide bonds. The normalized spacial score (nSPS) is 15.6. The van der Waals surface area contributed by atoms with Crippen LogP contribution in [-0.4, -0.2) is 13.2 Å². The molecule has 1 aliphatic rings. The van der Waals surface area contributed by atoms with Crippen molar-refractivity contribution in [3.05, 3.63) is 23.8 Å². The molecule has 0 aliphatic carbocycles. The monoisotopic (exact) mass is 235 g/mol. The van der Waals surface area contributed by atoms with E-state index < -0.39 is 0 Å². The van der Waals surface area contributed by atoms with E-state index in [0.29, 0.717) is 13.2 Å². The summed E-state index contributed by atoms with van der Waals surface area (Å²) >= 11 is 0. The molecule has 0 bridgehead atoms. The summed E-state index contributed by atoms with van der Waals surface area (Å²) in [5, 5.41) is 0. The molecule has 0 saturated carbocycles. The van der Waals surface area contributed by atoms with Gasteiger partial charge in [0.05, 0.1) is 0 Å². The van der Waals surface area contributed by atoms with E-state index in [-0.39, 0.29) is 6.04 Å². The molecule has 1 aromatic carbocycles. The van der Waals surface area contributed by atoms with Crippen molar-refractivity contribution in [1.82, 2.24) is 0 Å². The molecule has 0 spiro atoms. The molecule has 0 aromatic heterocycles. The van der Waals surface area contributed by atoms with E-state index in [9.17, 15) is 0 Å². The van der Waals surface area contributed by atoms with Crippen molar-refractivity contribution in [1.29, 1.82) is 0 Å². The summed E-state index contributed by atoms with van der Waals surface area (Å²) in [4.78, 5) is 0. The maximum absolute atomic E-state index is 6.22. The zero-order valence-corrected chi connectivity index (χ0v) is 10.4. The zero-order valence-electron chi connectivity index (χ0n) is 10.4. The topological polar surface area (TPSA) is 44.5 Å². The first-order valence-electron chi connectivity index (χ1n) is 6.47. The first-order valence-corrected chi connectivity index (χ1v) is 6.47. The highest BCUT2D eigenvalue weighted by Gasteiger charge is 2.19. The number of fused-ring (bicyclic) bond motifs is 1. The van der Waals surface area contributed by atoms with Crippen molar-refractivity contribution in [3.63, 3.8) is 0 Å². The Morgan fingerprint density at radius 1 is 1.24 bits per heavy atom. The minimum atomic E-state index is 0.0539. The minimum Gasteiger partial charge on any atom is -0.486 e.